The number of pyridine rings is 1. The summed E-state index contributed by atoms with van der Waals surface area (Å²) in [5.74, 6) is -0.393. The molecule has 1 aliphatic heterocycles. The summed E-state index contributed by atoms with van der Waals surface area (Å²) in [7, 11) is -2.90. The highest BCUT2D eigenvalue weighted by Gasteiger charge is 2.39. The van der Waals surface area contributed by atoms with E-state index in [4.69, 9.17) is 32.4 Å². The van der Waals surface area contributed by atoms with Crippen LogP contribution in [0.25, 0.3) is 77.1 Å². The van der Waals surface area contributed by atoms with Gasteiger partial charge in [-0.2, -0.15) is 0 Å². The molecule has 0 amide bonds. The van der Waals surface area contributed by atoms with Gasteiger partial charge in [0, 0.05) is 79.5 Å². The molecule has 0 unspecified atom stereocenters. The van der Waals surface area contributed by atoms with Crippen molar-refractivity contribution < 1.29 is 27.1 Å². The molecule has 8 nitrogen and oxygen atoms in total. The van der Waals surface area contributed by atoms with Crippen LogP contribution < -0.4 is 15.9 Å². The van der Waals surface area contributed by atoms with E-state index in [0.717, 1.165) is 103 Å². The predicted octanol–water partition coefficient (Wildman–Crippen LogP) is 15.7. The second-order valence-corrected chi connectivity index (χ2v) is 21.7. The first-order chi connectivity index (χ1) is 39.1. The van der Waals surface area contributed by atoms with Crippen LogP contribution in [0.1, 0.15) is 71.2 Å². The normalized spacial score (nSPS) is 14.8. The molecular formula is C67H47BCl2F2N3O5. The Labute approximate surface area is 468 Å². The van der Waals surface area contributed by atoms with E-state index in [1.54, 1.807) is 30.3 Å². The smallest absolute Gasteiger partial charge is 0.456 e. The zero-order valence-corrected chi connectivity index (χ0v) is 44.6. The molecule has 0 spiro atoms. The van der Waals surface area contributed by atoms with E-state index in [1.807, 2.05) is 97.1 Å². The highest BCUT2D eigenvalue weighted by atomic mass is 35.5. The Morgan fingerprint density at radius 2 is 1.30 bits per heavy atom. The van der Waals surface area contributed by atoms with Crippen LogP contribution in [0.5, 0.6) is 5.75 Å². The number of benzene rings is 8. The largest absolute Gasteiger partial charge is 0.609 e. The summed E-state index contributed by atoms with van der Waals surface area (Å²) >= 11 is 14.5. The maximum atomic E-state index is 15.9. The number of hydrogen-bond donors (Lipinski definition) is 1. The second kappa shape index (κ2) is 19.9. The zero-order valence-electron chi connectivity index (χ0n) is 43.1. The molecule has 13 heteroatoms. The number of nitrogens with zero attached hydrogens (tertiary/aromatic N) is 2. The number of aromatic nitrogens is 2. The van der Waals surface area contributed by atoms with Crippen molar-refractivity contribution in [3.8, 4) is 33.8 Å². The minimum absolute atomic E-state index is 0.0518. The third-order valence-corrected chi connectivity index (χ3v) is 16.8. The van der Waals surface area contributed by atoms with Crippen LogP contribution >= 0.6 is 23.2 Å². The number of ether oxygens (including phenoxy) is 1. The number of hydrogen-bond acceptors (Lipinski definition) is 5. The molecule has 0 bridgehead atoms. The van der Waals surface area contributed by atoms with Crippen molar-refractivity contribution in [2.45, 2.75) is 57.8 Å². The fraction of sp³-hybridized carbons (Fsp3) is 0.134. The topological polar surface area (TPSA) is 97.3 Å². The van der Waals surface area contributed by atoms with E-state index in [2.05, 4.69) is 35.3 Å². The summed E-state index contributed by atoms with van der Waals surface area (Å²) in [4.78, 5) is 45.8. The van der Waals surface area contributed by atoms with Crippen LogP contribution in [0.2, 0.25) is 10.0 Å². The number of aromatic amines is 1. The van der Waals surface area contributed by atoms with Crippen LogP contribution in [0, 0.1) is 0 Å². The molecule has 0 atom stereocenters. The number of carbonyl (C=O) groups excluding carboxylic acids is 1. The fourth-order valence-corrected chi connectivity index (χ4v) is 13.2. The van der Waals surface area contributed by atoms with E-state index in [1.165, 1.54) is 22.3 Å². The summed E-state index contributed by atoms with van der Waals surface area (Å²) in [5, 5.41) is 4.16. The van der Waals surface area contributed by atoms with Gasteiger partial charge in [-0.25, -0.2) is 4.57 Å². The minimum Gasteiger partial charge on any atom is -0.456 e. The van der Waals surface area contributed by atoms with Gasteiger partial charge in [0.15, 0.2) is 11.4 Å². The molecule has 80 heavy (non-hydrogen) atoms. The Morgan fingerprint density at radius 3 is 2.05 bits per heavy atom. The monoisotopic (exact) mass is 1090 g/mol. The highest BCUT2D eigenvalue weighted by molar-refractivity contribution is 6.39. The number of fused-ring (bicyclic) bond motifs is 8. The fourth-order valence-electron chi connectivity index (χ4n) is 12.6. The average molecular weight is 1090 g/mol. The van der Waals surface area contributed by atoms with Crippen LogP contribution in [0.4, 0.5) is 8.63 Å². The van der Waals surface area contributed by atoms with Crippen LogP contribution in [0.15, 0.2) is 195 Å². The van der Waals surface area contributed by atoms with E-state index in [-0.39, 0.29) is 27.9 Å². The summed E-state index contributed by atoms with van der Waals surface area (Å²) in [6, 6.07) is 51.7. The molecule has 0 saturated heterocycles. The third-order valence-electron chi connectivity index (χ3n) is 16.2. The molecule has 1 radical (unpaired) electrons. The molecule has 4 heterocycles. The molecule has 0 fully saturated rings. The maximum absolute atomic E-state index is 15.9. The molecule has 2 aliphatic carbocycles. The number of carbonyl (C=O) groups is 1. The molecule has 391 valence electrons. The predicted molar refractivity (Wildman–Crippen MR) is 316 cm³/mol. The van der Waals surface area contributed by atoms with E-state index >= 15 is 8.63 Å². The van der Waals surface area contributed by atoms with Crippen LogP contribution in [-0.4, -0.2) is 33.1 Å². The molecule has 11 aromatic rings. The number of allylic oxidation sites excluding steroid dienone is 2. The van der Waals surface area contributed by atoms with Crippen molar-refractivity contribution in [2.75, 3.05) is 0 Å². The Morgan fingerprint density at radius 1 is 0.650 bits per heavy atom. The Bertz CT molecular complexity index is 4560. The number of esters is 1. The summed E-state index contributed by atoms with van der Waals surface area (Å²) in [6.45, 7) is 0. The molecule has 0 saturated carbocycles. The van der Waals surface area contributed by atoms with Gasteiger partial charge in [-0.15, -0.1) is 0 Å². The van der Waals surface area contributed by atoms with Crippen LogP contribution in [0.3, 0.4) is 0 Å². The lowest BCUT2D eigenvalue weighted by Crippen LogP contribution is -2.31. The maximum Gasteiger partial charge on any atom is 0.609 e. The number of H-pyrrole nitrogens is 1. The van der Waals surface area contributed by atoms with Gasteiger partial charge in [-0.1, -0.05) is 120 Å². The summed E-state index contributed by atoms with van der Waals surface area (Å²) < 4.78 is 46.3. The minimum atomic E-state index is -2.90. The Hall–Kier alpha value is -8.64. The van der Waals surface area contributed by atoms with E-state index in [9.17, 15) is 14.4 Å². The molecule has 3 aliphatic rings. The van der Waals surface area contributed by atoms with E-state index in [0.29, 0.717) is 74.8 Å². The van der Waals surface area contributed by atoms with Gasteiger partial charge >= 0.3 is 13.4 Å². The summed E-state index contributed by atoms with van der Waals surface area (Å²) in [6.07, 6.45) is 7.66. The van der Waals surface area contributed by atoms with Crippen molar-refractivity contribution in [3.63, 3.8) is 0 Å². The van der Waals surface area contributed by atoms with Gasteiger partial charge in [0.05, 0.1) is 27.0 Å². The van der Waals surface area contributed by atoms with E-state index < -0.39 is 24.5 Å². The van der Waals surface area contributed by atoms with Gasteiger partial charge in [-0.3, -0.25) is 14.4 Å². The second-order valence-electron chi connectivity index (χ2n) is 20.9. The number of aryl methyl sites for hydroxylation is 4. The van der Waals surface area contributed by atoms with Crippen LogP contribution in [-0.2, 0) is 30.5 Å². The third kappa shape index (κ3) is 8.41. The molecule has 8 aromatic carbocycles. The molecule has 3 aromatic heterocycles. The first-order valence-corrected chi connectivity index (χ1v) is 27.8. The highest BCUT2D eigenvalue weighted by Crippen LogP contribution is 2.46. The molecule has 14 rings (SSSR count). The quantitative estimate of drug-likeness (QED) is 0.0484. The zero-order chi connectivity index (χ0) is 54.3. The SMILES string of the molecule is O=C(CCCc1ccc(-n2c(=O)c3ccc4oc5ccc(-c6ccccc6)cc5c5ccc(c2=O)c3c45)cc1)Oc1cc(Cl)c(/C(=C2\C=C3CCCc4ccccc4C3=[N+]2[B-](F)F)c2cc3c([nH]2)-c2ccccc2CCC3)c(Cl)c1. The molecular weight excluding hydrogens is 1050 g/mol. The van der Waals surface area contributed by atoms with Gasteiger partial charge in [-0.05, 0) is 145 Å². The van der Waals surface area contributed by atoms with Crippen molar-refractivity contribution in [3.05, 3.63) is 251 Å². The van der Waals surface area contributed by atoms with Crippen molar-refractivity contribution in [1.82, 2.24) is 9.55 Å². The number of nitrogens with one attached hydrogen (secondary N) is 1. The standard InChI is InChI=1S/C67H47BCl2F2N3O5/c69-53-36-46(37-54(70)62(53)63(55-34-43-18-9-16-40-14-4-6-20-47(40)64(43)73-55)56-35-44-19-10-17-41-15-5-7-21-48(41)65(44)75(56)68(71)72)79-59(76)22-8-11-38-23-26-45(27-24-38)74-66(77)50-29-28-49-52-33-42(39-12-2-1-3-13-39)25-31-57(52)80-58-32-30-51(67(74)78)60(50)61(49)58/h1-7,12-15,20-21,23-37,73H,8-11,16-19,22H2/b63-56+. The first kappa shape index (κ1) is 49.6. The number of halogens is 4. The summed E-state index contributed by atoms with van der Waals surface area (Å²) in [5.41, 5.74) is 12.8. The first-order valence-electron chi connectivity index (χ1n) is 27.0. The van der Waals surface area contributed by atoms with Gasteiger partial charge < -0.3 is 27.3 Å². The Balaban J connectivity index is 0.730. The average Bonchev–Trinajstić information content (AvgIpc) is 4.01. The molecule has 1 N–H and O–H groups in total. The lowest BCUT2D eigenvalue weighted by atomic mass is 9.95. The van der Waals surface area contributed by atoms with Crippen molar-refractivity contribution in [2.24, 2.45) is 0 Å². The van der Waals surface area contributed by atoms with Gasteiger partial charge in [0.2, 0.25) is 0 Å². The van der Waals surface area contributed by atoms with Crippen molar-refractivity contribution >= 4 is 91.3 Å². The Kier molecular flexibility index (Phi) is 12.4. The lowest BCUT2D eigenvalue weighted by molar-refractivity contribution is -0.340. The van der Waals surface area contributed by atoms with Gasteiger partial charge in [0.1, 0.15) is 16.9 Å². The van der Waals surface area contributed by atoms with Crippen molar-refractivity contribution in [1.29, 1.82) is 0 Å². The lowest BCUT2D eigenvalue weighted by Gasteiger charge is -2.19. The van der Waals surface area contributed by atoms with Gasteiger partial charge in [0.25, 0.3) is 11.1 Å². The number of rotatable bonds is 10.